The summed E-state index contributed by atoms with van der Waals surface area (Å²) in [6.45, 7) is 4.30. The molecule has 0 fully saturated rings. The summed E-state index contributed by atoms with van der Waals surface area (Å²) in [4.78, 5) is 0. The second kappa shape index (κ2) is 9.59. The lowest BCUT2D eigenvalue weighted by Crippen LogP contribution is -2.28. The van der Waals surface area contributed by atoms with Crippen LogP contribution >= 0.6 is 0 Å². The number of fused-ring (bicyclic) bond motifs is 3. The number of aryl methyl sites for hydroxylation is 1. The molecule has 0 aromatic heterocycles. The summed E-state index contributed by atoms with van der Waals surface area (Å²) in [5.74, 6) is 0. The predicted octanol–water partition coefficient (Wildman–Crippen LogP) is 9.39. The van der Waals surface area contributed by atoms with Gasteiger partial charge >= 0.3 is 0 Å². The number of hydrogen-bond acceptors (Lipinski definition) is 1. The predicted molar refractivity (Wildman–Crippen MR) is 158 cm³/mol. The van der Waals surface area contributed by atoms with E-state index in [1.165, 1.54) is 44.5 Å². The van der Waals surface area contributed by atoms with Crippen molar-refractivity contribution in [2.75, 3.05) is 5.32 Å². The van der Waals surface area contributed by atoms with Gasteiger partial charge in [-0.2, -0.15) is 0 Å². The van der Waals surface area contributed by atoms with Gasteiger partial charge in [-0.05, 0) is 70.5 Å². The first-order valence-corrected chi connectivity index (χ1v) is 13.1. The molecule has 0 aliphatic heterocycles. The van der Waals surface area contributed by atoms with Gasteiger partial charge < -0.3 is 5.32 Å². The van der Waals surface area contributed by atoms with Gasteiger partial charge in [0.25, 0.3) is 0 Å². The van der Waals surface area contributed by atoms with Crippen LogP contribution in [0, 0.1) is 0 Å². The molecule has 0 heterocycles. The Bertz CT molecular complexity index is 1540. The molecule has 1 aliphatic rings. The standard InChI is InChI=1S/C36H31N/c1-3-14-30-26(4-2)15-13-22-35(30)37-29-23-24-32-31-20-11-12-21-33(31)36(34(32)25-29,27-16-7-5-8-17-27)28-18-9-6-10-19-28/h3,5-25,37H,4H2,1-2H3/b14-3-. The number of benzene rings is 5. The third-order valence-corrected chi connectivity index (χ3v) is 7.65. The van der Waals surface area contributed by atoms with Crippen molar-refractivity contribution in [3.63, 3.8) is 0 Å². The number of nitrogens with one attached hydrogen (secondary N) is 1. The van der Waals surface area contributed by atoms with Gasteiger partial charge in [0, 0.05) is 16.9 Å². The molecule has 0 atom stereocenters. The highest BCUT2D eigenvalue weighted by Crippen LogP contribution is 2.56. The Morgan fingerprint density at radius 2 is 1.30 bits per heavy atom. The SMILES string of the molecule is C/C=C\c1c(CC)cccc1Nc1ccc2c(c1)C(c1ccccc1)(c1ccccc1)c1ccccc1-2. The molecule has 5 aromatic rings. The topological polar surface area (TPSA) is 12.0 Å². The third kappa shape index (κ3) is 3.70. The lowest BCUT2D eigenvalue weighted by atomic mass is 9.67. The fourth-order valence-corrected chi connectivity index (χ4v) is 6.07. The first kappa shape index (κ1) is 23.1. The summed E-state index contributed by atoms with van der Waals surface area (Å²) in [6.07, 6.45) is 5.33. The van der Waals surface area contributed by atoms with E-state index in [-0.39, 0.29) is 5.41 Å². The highest BCUT2D eigenvalue weighted by atomic mass is 14.9. The average Bonchev–Trinajstić information content (AvgIpc) is 3.25. The molecule has 1 heteroatoms. The fourth-order valence-electron chi connectivity index (χ4n) is 6.07. The van der Waals surface area contributed by atoms with E-state index in [0.717, 1.165) is 17.8 Å². The molecule has 0 saturated carbocycles. The van der Waals surface area contributed by atoms with Gasteiger partial charge in [-0.15, -0.1) is 0 Å². The Labute approximate surface area is 220 Å². The van der Waals surface area contributed by atoms with Crippen LogP contribution in [-0.2, 0) is 11.8 Å². The molecule has 5 aromatic carbocycles. The molecule has 0 bridgehead atoms. The average molecular weight is 478 g/mol. The molecule has 6 rings (SSSR count). The van der Waals surface area contributed by atoms with Crippen molar-refractivity contribution in [2.45, 2.75) is 25.7 Å². The summed E-state index contributed by atoms with van der Waals surface area (Å²) in [7, 11) is 0. The minimum Gasteiger partial charge on any atom is -0.355 e. The summed E-state index contributed by atoms with van der Waals surface area (Å²) in [6, 6.07) is 44.2. The molecule has 1 N–H and O–H groups in total. The Kier molecular flexibility index (Phi) is 5.98. The Balaban J connectivity index is 1.60. The summed E-state index contributed by atoms with van der Waals surface area (Å²) >= 11 is 0. The number of hydrogen-bond donors (Lipinski definition) is 1. The molecule has 0 radical (unpaired) electrons. The Hall–Kier alpha value is -4.36. The zero-order valence-corrected chi connectivity index (χ0v) is 21.4. The van der Waals surface area contributed by atoms with E-state index >= 15 is 0 Å². The van der Waals surface area contributed by atoms with Crippen molar-refractivity contribution in [3.05, 3.63) is 161 Å². The number of rotatable bonds is 6. The smallest absolute Gasteiger partial charge is 0.0714 e. The van der Waals surface area contributed by atoms with Crippen LogP contribution in [0.25, 0.3) is 17.2 Å². The molecule has 37 heavy (non-hydrogen) atoms. The second-order valence-corrected chi connectivity index (χ2v) is 9.64. The minimum absolute atomic E-state index is 0.385. The third-order valence-electron chi connectivity index (χ3n) is 7.65. The normalized spacial score (nSPS) is 13.4. The van der Waals surface area contributed by atoms with Crippen LogP contribution in [-0.4, -0.2) is 0 Å². The molecule has 1 aliphatic carbocycles. The summed E-state index contributed by atoms with van der Waals surface area (Å²) < 4.78 is 0. The number of anilines is 2. The molecule has 1 nitrogen and oxygen atoms in total. The molecule has 0 amide bonds. The Morgan fingerprint density at radius 1 is 0.649 bits per heavy atom. The molecule has 180 valence electrons. The van der Waals surface area contributed by atoms with Crippen LogP contribution in [0.3, 0.4) is 0 Å². The van der Waals surface area contributed by atoms with Gasteiger partial charge in [0.2, 0.25) is 0 Å². The van der Waals surface area contributed by atoms with E-state index < -0.39 is 0 Å². The van der Waals surface area contributed by atoms with E-state index in [1.807, 2.05) is 0 Å². The lowest BCUT2D eigenvalue weighted by molar-refractivity contribution is 0.769. The first-order chi connectivity index (χ1) is 18.3. The van der Waals surface area contributed by atoms with E-state index in [1.54, 1.807) is 0 Å². The fraction of sp³-hybridized carbons (Fsp3) is 0.111. The zero-order chi connectivity index (χ0) is 25.2. The zero-order valence-electron chi connectivity index (χ0n) is 21.4. The maximum absolute atomic E-state index is 3.78. The van der Waals surface area contributed by atoms with Crippen LogP contribution in [0.5, 0.6) is 0 Å². The molecule has 0 saturated heterocycles. The monoisotopic (exact) mass is 477 g/mol. The van der Waals surface area contributed by atoms with Crippen molar-refractivity contribution in [3.8, 4) is 11.1 Å². The van der Waals surface area contributed by atoms with Crippen LogP contribution in [0.2, 0.25) is 0 Å². The lowest BCUT2D eigenvalue weighted by Gasteiger charge is -2.34. The Morgan fingerprint density at radius 3 is 1.97 bits per heavy atom. The van der Waals surface area contributed by atoms with Crippen molar-refractivity contribution < 1.29 is 0 Å². The van der Waals surface area contributed by atoms with Crippen molar-refractivity contribution >= 4 is 17.5 Å². The van der Waals surface area contributed by atoms with Gasteiger partial charge in [-0.3, -0.25) is 0 Å². The van der Waals surface area contributed by atoms with E-state index in [0.29, 0.717) is 0 Å². The summed E-state index contributed by atoms with van der Waals surface area (Å²) in [5, 5.41) is 3.78. The van der Waals surface area contributed by atoms with Gasteiger partial charge in [0.1, 0.15) is 0 Å². The van der Waals surface area contributed by atoms with Crippen molar-refractivity contribution in [1.82, 2.24) is 0 Å². The van der Waals surface area contributed by atoms with Crippen molar-refractivity contribution in [1.29, 1.82) is 0 Å². The molecular weight excluding hydrogens is 446 g/mol. The van der Waals surface area contributed by atoms with E-state index in [9.17, 15) is 0 Å². The van der Waals surface area contributed by atoms with Crippen LogP contribution in [0.4, 0.5) is 11.4 Å². The molecule has 0 unspecified atom stereocenters. The van der Waals surface area contributed by atoms with Gasteiger partial charge in [0.15, 0.2) is 0 Å². The molecular formula is C36H31N. The maximum Gasteiger partial charge on any atom is 0.0714 e. The van der Waals surface area contributed by atoms with Gasteiger partial charge in [0.05, 0.1) is 5.41 Å². The van der Waals surface area contributed by atoms with E-state index in [4.69, 9.17) is 0 Å². The summed E-state index contributed by atoms with van der Waals surface area (Å²) in [5.41, 5.74) is 12.3. The largest absolute Gasteiger partial charge is 0.355 e. The second-order valence-electron chi connectivity index (χ2n) is 9.64. The van der Waals surface area contributed by atoms with Crippen molar-refractivity contribution in [2.24, 2.45) is 0 Å². The first-order valence-electron chi connectivity index (χ1n) is 13.1. The van der Waals surface area contributed by atoms with Crippen LogP contribution in [0.15, 0.2) is 127 Å². The quantitative estimate of drug-likeness (QED) is 0.252. The maximum atomic E-state index is 3.78. The highest BCUT2D eigenvalue weighted by Gasteiger charge is 2.45. The van der Waals surface area contributed by atoms with Gasteiger partial charge in [-0.25, -0.2) is 0 Å². The molecule has 0 spiro atoms. The minimum atomic E-state index is -0.385. The van der Waals surface area contributed by atoms with Crippen LogP contribution in [0.1, 0.15) is 47.2 Å². The number of allylic oxidation sites excluding steroid dienone is 1. The van der Waals surface area contributed by atoms with Crippen LogP contribution < -0.4 is 5.32 Å². The van der Waals surface area contributed by atoms with Gasteiger partial charge in [-0.1, -0.05) is 122 Å². The van der Waals surface area contributed by atoms with E-state index in [2.05, 4.69) is 153 Å². The highest BCUT2D eigenvalue weighted by molar-refractivity contribution is 5.88.